The topological polar surface area (TPSA) is 66.5 Å². The van der Waals surface area contributed by atoms with E-state index in [9.17, 15) is 13.2 Å². The van der Waals surface area contributed by atoms with Crippen LogP contribution in [0, 0.1) is 5.92 Å². The Morgan fingerprint density at radius 1 is 1.18 bits per heavy atom. The van der Waals surface area contributed by atoms with Crippen LogP contribution in [0.15, 0.2) is 46.9 Å². The minimum absolute atomic E-state index is 0.143. The van der Waals surface area contributed by atoms with Crippen molar-refractivity contribution in [1.29, 1.82) is 0 Å². The highest BCUT2D eigenvalue weighted by atomic mass is 79.9. The molecule has 3 rings (SSSR count). The molecule has 1 aliphatic rings. The largest absolute Gasteiger partial charge is 0.326 e. The highest BCUT2D eigenvalue weighted by Crippen LogP contribution is 2.29. The molecule has 1 saturated heterocycles. The number of sulfonamides is 1. The molecule has 2 aromatic carbocycles. The molecule has 2 aromatic rings. The maximum Gasteiger partial charge on any atom is 0.228 e. The van der Waals surface area contributed by atoms with Gasteiger partial charge in [0.05, 0.1) is 11.7 Å². The number of benzene rings is 2. The lowest BCUT2D eigenvalue weighted by Gasteiger charge is -2.31. The van der Waals surface area contributed by atoms with E-state index < -0.39 is 15.9 Å². The number of halogens is 3. The SMILES string of the molecule is O=C(Nc1cccc(Br)c1)C1CCCN(S(=O)(=O)Cc2c(Cl)cccc2Cl)C1. The van der Waals surface area contributed by atoms with Crippen molar-refractivity contribution in [3.63, 3.8) is 0 Å². The quantitative estimate of drug-likeness (QED) is 0.626. The highest BCUT2D eigenvalue weighted by Gasteiger charge is 2.33. The predicted molar refractivity (Wildman–Crippen MR) is 116 cm³/mol. The van der Waals surface area contributed by atoms with Crippen molar-refractivity contribution in [3.8, 4) is 0 Å². The van der Waals surface area contributed by atoms with E-state index in [1.165, 1.54) is 4.31 Å². The van der Waals surface area contributed by atoms with Crippen molar-refractivity contribution in [2.75, 3.05) is 18.4 Å². The van der Waals surface area contributed by atoms with Crippen LogP contribution in [0.25, 0.3) is 0 Å². The van der Waals surface area contributed by atoms with Crippen LogP contribution in [0.1, 0.15) is 18.4 Å². The normalized spacial score (nSPS) is 18.0. The standard InChI is InChI=1S/C19H19BrCl2N2O3S/c20-14-5-1-6-15(10-14)23-19(25)13-4-3-9-24(11-13)28(26,27)12-16-17(21)7-2-8-18(16)22/h1-2,5-8,10,13H,3-4,9,11-12H2,(H,23,25). The first-order valence-corrected chi connectivity index (χ1v) is 11.9. The average molecular weight is 506 g/mol. The van der Waals surface area contributed by atoms with Gasteiger partial charge < -0.3 is 5.32 Å². The van der Waals surface area contributed by atoms with Crippen LogP contribution in [0.5, 0.6) is 0 Å². The molecule has 1 atom stereocenters. The molecule has 0 radical (unpaired) electrons. The van der Waals surface area contributed by atoms with Gasteiger partial charge in [0.2, 0.25) is 15.9 Å². The maximum absolute atomic E-state index is 12.9. The summed E-state index contributed by atoms with van der Waals surface area (Å²) in [6.07, 6.45) is 1.25. The van der Waals surface area contributed by atoms with Crippen LogP contribution in [0.2, 0.25) is 10.0 Å². The number of amides is 1. The Bertz CT molecular complexity index is 965. The van der Waals surface area contributed by atoms with Gasteiger partial charge in [-0.05, 0) is 43.2 Å². The molecule has 1 unspecified atom stereocenters. The number of anilines is 1. The van der Waals surface area contributed by atoms with E-state index in [1.807, 2.05) is 12.1 Å². The second-order valence-electron chi connectivity index (χ2n) is 6.65. The van der Waals surface area contributed by atoms with Crippen LogP contribution in [-0.2, 0) is 20.6 Å². The number of hydrogen-bond acceptors (Lipinski definition) is 3. The van der Waals surface area contributed by atoms with Gasteiger partial charge in [0.1, 0.15) is 0 Å². The van der Waals surface area contributed by atoms with E-state index in [0.29, 0.717) is 40.7 Å². The lowest BCUT2D eigenvalue weighted by molar-refractivity contribution is -0.120. The molecular formula is C19H19BrCl2N2O3S. The zero-order chi connectivity index (χ0) is 20.3. The Morgan fingerprint density at radius 2 is 1.86 bits per heavy atom. The number of hydrogen-bond donors (Lipinski definition) is 1. The summed E-state index contributed by atoms with van der Waals surface area (Å²) >= 11 is 15.6. The molecule has 0 bridgehead atoms. The number of carbonyl (C=O) groups excluding carboxylic acids is 1. The first-order chi connectivity index (χ1) is 13.3. The molecule has 1 fully saturated rings. The fourth-order valence-electron chi connectivity index (χ4n) is 3.16. The van der Waals surface area contributed by atoms with Crippen LogP contribution < -0.4 is 5.32 Å². The van der Waals surface area contributed by atoms with E-state index in [0.717, 1.165) is 4.47 Å². The van der Waals surface area contributed by atoms with Gasteiger partial charge in [0, 0.05) is 38.9 Å². The number of rotatable bonds is 5. The molecule has 0 aromatic heterocycles. The molecule has 0 aliphatic carbocycles. The van der Waals surface area contributed by atoms with Crippen LogP contribution in [0.4, 0.5) is 5.69 Å². The Hall–Kier alpha value is -1.12. The smallest absolute Gasteiger partial charge is 0.228 e. The molecule has 1 N–H and O–H groups in total. The second kappa shape index (κ2) is 9.13. The number of piperidine rings is 1. The zero-order valence-electron chi connectivity index (χ0n) is 14.9. The van der Waals surface area contributed by atoms with Gasteiger partial charge in [0.15, 0.2) is 0 Å². The molecule has 28 heavy (non-hydrogen) atoms. The molecular weight excluding hydrogens is 487 g/mol. The molecule has 5 nitrogen and oxygen atoms in total. The van der Waals surface area contributed by atoms with Crippen molar-refractivity contribution in [2.45, 2.75) is 18.6 Å². The summed E-state index contributed by atoms with van der Waals surface area (Å²) in [5.41, 5.74) is 1.05. The lowest BCUT2D eigenvalue weighted by atomic mass is 9.99. The summed E-state index contributed by atoms with van der Waals surface area (Å²) < 4.78 is 28.0. The third-order valence-electron chi connectivity index (χ3n) is 4.63. The Morgan fingerprint density at radius 3 is 2.54 bits per heavy atom. The first kappa shape index (κ1) is 21.6. The highest BCUT2D eigenvalue weighted by molar-refractivity contribution is 9.10. The van der Waals surface area contributed by atoms with Crippen molar-refractivity contribution < 1.29 is 13.2 Å². The number of nitrogens with one attached hydrogen (secondary N) is 1. The lowest BCUT2D eigenvalue weighted by Crippen LogP contribution is -2.44. The fourth-order valence-corrected chi connectivity index (χ4v) is 5.93. The van der Waals surface area contributed by atoms with Crippen molar-refractivity contribution in [3.05, 3.63) is 62.5 Å². The van der Waals surface area contributed by atoms with E-state index in [4.69, 9.17) is 23.2 Å². The average Bonchev–Trinajstić information content (AvgIpc) is 2.65. The molecule has 1 aliphatic heterocycles. The summed E-state index contributed by atoms with van der Waals surface area (Å²) in [6.45, 7) is 0.523. The second-order valence-corrected chi connectivity index (χ2v) is 10.4. The van der Waals surface area contributed by atoms with Gasteiger partial charge in [-0.15, -0.1) is 0 Å². The van der Waals surface area contributed by atoms with Gasteiger partial charge >= 0.3 is 0 Å². The Kier molecular flexibility index (Phi) is 7.04. The Balaban J connectivity index is 1.70. The molecule has 0 spiro atoms. The summed E-state index contributed by atoms with van der Waals surface area (Å²) in [6, 6.07) is 12.2. The monoisotopic (exact) mass is 504 g/mol. The molecule has 9 heteroatoms. The molecule has 0 saturated carbocycles. The first-order valence-electron chi connectivity index (χ1n) is 8.73. The molecule has 1 amide bonds. The van der Waals surface area contributed by atoms with E-state index in [-0.39, 0.29) is 18.2 Å². The van der Waals surface area contributed by atoms with Crippen molar-refractivity contribution >= 4 is 60.7 Å². The Labute approximate surface area is 183 Å². The number of nitrogens with zero attached hydrogens (tertiary/aromatic N) is 1. The summed E-state index contributed by atoms with van der Waals surface area (Å²) in [5, 5.41) is 3.49. The zero-order valence-corrected chi connectivity index (χ0v) is 18.8. The van der Waals surface area contributed by atoms with E-state index in [2.05, 4.69) is 21.2 Å². The third-order valence-corrected chi connectivity index (χ3v) is 7.60. The van der Waals surface area contributed by atoms with E-state index >= 15 is 0 Å². The van der Waals surface area contributed by atoms with Gasteiger partial charge in [-0.1, -0.05) is 51.3 Å². The molecule has 1 heterocycles. The van der Waals surface area contributed by atoms with Gasteiger partial charge in [-0.25, -0.2) is 12.7 Å². The van der Waals surface area contributed by atoms with Crippen LogP contribution in [-0.4, -0.2) is 31.7 Å². The van der Waals surface area contributed by atoms with Crippen LogP contribution >= 0.6 is 39.1 Å². The van der Waals surface area contributed by atoms with Crippen molar-refractivity contribution in [2.24, 2.45) is 5.92 Å². The van der Waals surface area contributed by atoms with Crippen LogP contribution in [0.3, 0.4) is 0 Å². The summed E-state index contributed by atoms with van der Waals surface area (Å²) in [4.78, 5) is 12.6. The van der Waals surface area contributed by atoms with E-state index in [1.54, 1.807) is 30.3 Å². The van der Waals surface area contributed by atoms with Gasteiger partial charge in [-0.3, -0.25) is 4.79 Å². The summed E-state index contributed by atoms with van der Waals surface area (Å²) in [7, 11) is -3.65. The summed E-state index contributed by atoms with van der Waals surface area (Å²) in [5.74, 6) is -0.885. The minimum atomic E-state index is -3.65. The van der Waals surface area contributed by atoms with Gasteiger partial charge in [0.25, 0.3) is 0 Å². The number of carbonyl (C=O) groups is 1. The molecule has 150 valence electrons. The third kappa shape index (κ3) is 5.27. The fraction of sp³-hybridized carbons (Fsp3) is 0.316. The van der Waals surface area contributed by atoms with Crippen molar-refractivity contribution in [1.82, 2.24) is 4.31 Å². The minimum Gasteiger partial charge on any atom is -0.326 e. The maximum atomic E-state index is 12.9. The predicted octanol–water partition coefficient (Wildman–Crippen LogP) is 4.94. The van der Waals surface area contributed by atoms with Gasteiger partial charge in [-0.2, -0.15) is 0 Å².